The Labute approximate surface area is 254 Å². The molecule has 2 heterocycles. The van der Waals surface area contributed by atoms with Crippen molar-refractivity contribution in [2.75, 3.05) is 73.4 Å². The van der Waals surface area contributed by atoms with Crippen LogP contribution in [0.25, 0.3) is 0 Å². The van der Waals surface area contributed by atoms with Crippen LogP contribution >= 0.6 is 0 Å². The van der Waals surface area contributed by atoms with Crippen LogP contribution in [-0.2, 0) is 14.8 Å². The maximum atomic E-state index is 13.7. The van der Waals surface area contributed by atoms with E-state index in [-0.39, 0.29) is 24.4 Å². The predicted octanol–water partition coefficient (Wildman–Crippen LogP) is 3.39. The van der Waals surface area contributed by atoms with Crippen LogP contribution in [0.3, 0.4) is 0 Å². The molecule has 2 atom stereocenters. The number of aliphatic hydroxyl groups is 1. The molecule has 4 aliphatic carbocycles. The van der Waals surface area contributed by atoms with E-state index in [0.717, 1.165) is 54.9 Å². The monoisotopic (exact) mass is 609 g/mol. The number of carbonyl (C=O) groups is 1. The van der Waals surface area contributed by atoms with Crippen LogP contribution in [0.5, 0.6) is 0 Å². The highest BCUT2D eigenvalue weighted by Gasteiger charge is 2.55. The lowest BCUT2D eigenvalue weighted by Gasteiger charge is -2.58. The van der Waals surface area contributed by atoms with Crippen molar-refractivity contribution in [1.29, 1.82) is 0 Å². The third-order valence-electron chi connectivity index (χ3n) is 10.5. The Hall–Kier alpha value is -2.86. The van der Waals surface area contributed by atoms with Gasteiger partial charge in [-0.1, -0.05) is 12.1 Å². The molecule has 6 aliphatic rings. The number of urea groups is 1. The number of sulfonamides is 1. The van der Waals surface area contributed by atoms with Crippen molar-refractivity contribution in [3.8, 4) is 0 Å². The molecule has 5 fully saturated rings. The maximum Gasteiger partial charge on any atom is 0.322 e. The number of methoxy groups -OCH3 is 1. The zero-order chi connectivity index (χ0) is 29.8. The van der Waals surface area contributed by atoms with Crippen molar-refractivity contribution in [3.05, 3.63) is 48.5 Å². The van der Waals surface area contributed by atoms with E-state index in [4.69, 9.17) is 4.74 Å². The van der Waals surface area contributed by atoms with E-state index in [1.165, 1.54) is 7.11 Å². The normalized spacial score (nSPS) is 30.4. The summed E-state index contributed by atoms with van der Waals surface area (Å²) in [7, 11) is -1.78. The van der Waals surface area contributed by atoms with Crippen molar-refractivity contribution >= 4 is 38.8 Å². The highest BCUT2D eigenvalue weighted by atomic mass is 32.2. The molecule has 2 aromatic carbocycles. The first-order chi connectivity index (χ1) is 20.7. The van der Waals surface area contributed by atoms with Gasteiger partial charge in [-0.25, -0.2) is 13.2 Å². The first-order valence-electron chi connectivity index (χ1n) is 15.7. The van der Waals surface area contributed by atoms with Gasteiger partial charge >= 0.3 is 6.03 Å². The lowest BCUT2D eigenvalue weighted by atomic mass is 9.52. The van der Waals surface area contributed by atoms with E-state index in [0.29, 0.717) is 57.0 Å². The van der Waals surface area contributed by atoms with Crippen LogP contribution in [0.15, 0.2) is 48.5 Å². The van der Waals surface area contributed by atoms with Gasteiger partial charge in [-0.2, -0.15) is 4.31 Å². The van der Waals surface area contributed by atoms with Crippen LogP contribution in [0.2, 0.25) is 0 Å². The number of rotatable bonds is 7. The number of benzene rings is 2. The lowest BCUT2D eigenvalue weighted by Crippen LogP contribution is -2.63. The van der Waals surface area contributed by atoms with Gasteiger partial charge in [-0.3, -0.25) is 4.90 Å². The number of anilines is 4. The SMILES string of the molecule is COCCS(=O)(=O)N1CCN(c2ccc(N3CCN(C(=O)N[C@H]4C5CC6CC4C[C@@](O)(C6)C5)c4ccccc43)cc2)CC1. The van der Waals surface area contributed by atoms with Gasteiger partial charge in [0.05, 0.1) is 29.3 Å². The van der Waals surface area contributed by atoms with E-state index >= 15 is 0 Å². The molecule has 43 heavy (non-hydrogen) atoms. The van der Waals surface area contributed by atoms with Gasteiger partial charge in [0.15, 0.2) is 0 Å². The van der Waals surface area contributed by atoms with Gasteiger partial charge in [0, 0.05) is 63.8 Å². The summed E-state index contributed by atoms with van der Waals surface area (Å²) in [5, 5.41) is 14.4. The summed E-state index contributed by atoms with van der Waals surface area (Å²) < 4.78 is 31.6. The Morgan fingerprint density at radius 2 is 1.56 bits per heavy atom. The number of hydrogen-bond acceptors (Lipinski definition) is 7. The van der Waals surface area contributed by atoms with E-state index in [9.17, 15) is 18.3 Å². The predicted molar refractivity (Wildman–Crippen MR) is 168 cm³/mol. The Balaban J connectivity index is 1.01. The third kappa shape index (κ3) is 5.49. The molecule has 11 heteroatoms. The minimum atomic E-state index is -3.29. The first kappa shape index (κ1) is 28.9. The average molecular weight is 610 g/mol. The topological polar surface area (TPSA) is 106 Å². The summed E-state index contributed by atoms with van der Waals surface area (Å²) in [6.45, 7) is 3.69. The standard InChI is InChI=1S/C32H43N5O5S/c1-42-16-17-43(40,41)35-12-10-34(11-13-35)26-6-8-27(9-7-26)36-14-15-37(29-5-3-2-4-28(29)36)31(38)33-30-24-18-23-19-25(30)22-32(39,20-23)21-24/h2-9,23-25,30,39H,10-22H2,1H3,(H,33,38)/t23?,24?,25?,30-,32+. The minimum absolute atomic E-state index is 0.0149. The second kappa shape index (κ2) is 11.3. The fourth-order valence-corrected chi connectivity index (χ4v) is 10.0. The Morgan fingerprint density at radius 1 is 0.907 bits per heavy atom. The summed E-state index contributed by atoms with van der Waals surface area (Å²) in [6.07, 6.45) is 4.80. The summed E-state index contributed by atoms with van der Waals surface area (Å²) in [4.78, 5) is 20.1. The number of para-hydroxylation sites is 2. The van der Waals surface area contributed by atoms with Gasteiger partial charge in [0.1, 0.15) is 0 Å². The summed E-state index contributed by atoms with van der Waals surface area (Å²) >= 11 is 0. The van der Waals surface area contributed by atoms with Gasteiger partial charge in [-0.05, 0) is 86.3 Å². The third-order valence-corrected chi connectivity index (χ3v) is 12.3. The van der Waals surface area contributed by atoms with Crippen LogP contribution < -0.4 is 20.0 Å². The summed E-state index contributed by atoms with van der Waals surface area (Å²) in [5.74, 6) is 1.37. The number of fused-ring (bicyclic) bond motifs is 1. The summed E-state index contributed by atoms with van der Waals surface area (Å²) in [5.41, 5.74) is 3.54. The molecule has 2 N–H and O–H groups in total. The minimum Gasteiger partial charge on any atom is -0.390 e. The maximum absolute atomic E-state index is 13.7. The van der Waals surface area contributed by atoms with Gasteiger partial charge in [0.25, 0.3) is 0 Å². The number of hydrogen-bond donors (Lipinski definition) is 2. The van der Waals surface area contributed by atoms with E-state index in [1.807, 2.05) is 23.1 Å². The number of carbonyl (C=O) groups excluding carboxylic acids is 1. The van der Waals surface area contributed by atoms with E-state index < -0.39 is 15.6 Å². The quantitative estimate of drug-likeness (QED) is 0.496. The molecule has 2 aromatic rings. The zero-order valence-corrected chi connectivity index (χ0v) is 25.7. The van der Waals surface area contributed by atoms with Crippen molar-refractivity contribution < 1.29 is 23.1 Å². The molecule has 8 rings (SSSR count). The molecule has 0 radical (unpaired) electrons. The molecule has 232 valence electrons. The number of piperazine rings is 1. The fourth-order valence-electron chi connectivity index (χ4n) is 8.66. The number of nitrogens with zero attached hydrogens (tertiary/aromatic N) is 4. The smallest absolute Gasteiger partial charge is 0.322 e. The molecule has 10 nitrogen and oxygen atoms in total. The highest BCUT2D eigenvalue weighted by Crippen LogP contribution is 2.55. The Bertz CT molecular complexity index is 1430. The molecule has 4 saturated carbocycles. The molecule has 2 aliphatic heterocycles. The van der Waals surface area contributed by atoms with E-state index in [2.05, 4.69) is 45.4 Å². The Kier molecular flexibility index (Phi) is 7.56. The van der Waals surface area contributed by atoms with E-state index in [1.54, 1.807) is 4.31 Å². The second-order valence-electron chi connectivity index (χ2n) is 13.2. The van der Waals surface area contributed by atoms with Crippen molar-refractivity contribution in [1.82, 2.24) is 9.62 Å². The van der Waals surface area contributed by atoms with Gasteiger partial charge in [0.2, 0.25) is 10.0 Å². The van der Waals surface area contributed by atoms with Crippen LogP contribution in [-0.4, -0.2) is 94.2 Å². The fraction of sp³-hybridized carbons (Fsp3) is 0.594. The average Bonchev–Trinajstić information content (AvgIpc) is 3.00. The van der Waals surface area contributed by atoms with Crippen molar-refractivity contribution in [3.63, 3.8) is 0 Å². The molecule has 2 unspecified atom stereocenters. The summed E-state index contributed by atoms with van der Waals surface area (Å²) in [6, 6.07) is 16.6. The molecular formula is C32H43N5O5S. The Morgan fingerprint density at radius 3 is 2.21 bits per heavy atom. The van der Waals surface area contributed by atoms with Crippen LogP contribution in [0.4, 0.5) is 27.5 Å². The molecule has 1 saturated heterocycles. The molecule has 0 spiro atoms. The highest BCUT2D eigenvalue weighted by molar-refractivity contribution is 7.89. The van der Waals surface area contributed by atoms with Crippen LogP contribution in [0.1, 0.15) is 32.1 Å². The first-order valence-corrected chi connectivity index (χ1v) is 17.3. The van der Waals surface area contributed by atoms with Crippen molar-refractivity contribution in [2.45, 2.75) is 43.7 Å². The zero-order valence-electron chi connectivity index (χ0n) is 24.9. The van der Waals surface area contributed by atoms with Gasteiger partial charge < -0.3 is 25.0 Å². The number of amides is 2. The molecule has 4 bridgehead atoms. The molecule has 0 aromatic heterocycles. The van der Waals surface area contributed by atoms with Crippen molar-refractivity contribution in [2.24, 2.45) is 17.8 Å². The van der Waals surface area contributed by atoms with Crippen LogP contribution in [0, 0.1) is 17.8 Å². The lowest BCUT2D eigenvalue weighted by molar-refractivity contribution is -0.136. The largest absolute Gasteiger partial charge is 0.390 e. The second-order valence-corrected chi connectivity index (χ2v) is 15.3. The number of nitrogens with one attached hydrogen (secondary N) is 1. The molecule has 2 amide bonds. The number of ether oxygens (including phenoxy) is 1. The molecular weight excluding hydrogens is 566 g/mol. The van der Waals surface area contributed by atoms with Gasteiger partial charge in [-0.15, -0.1) is 0 Å².